The topological polar surface area (TPSA) is 87.5 Å². The van der Waals surface area contributed by atoms with Gasteiger partial charge in [-0.25, -0.2) is 4.79 Å². The normalized spacial score (nSPS) is 19.8. The van der Waals surface area contributed by atoms with Crippen LogP contribution in [0.15, 0.2) is 0 Å². The minimum absolute atomic E-state index is 0. The van der Waals surface area contributed by atoms with Gasteiger partial charge in [0.25, 0.3) is 0 Å². The van der Waals surface area contributed by atoms with E-state index in [2.05, 4.69) is 17.6 Å². The first kappa shape index (κ1) is 20.0. The van der Waals surface area contributed by atoms with Crippen LogP contribution in [0.1, 0.15) is 51.9 Å². The maximum absolute atomic E-state index is 12.6. The summed E-state index contributed by atoms with van der Waals surface area (Å²) in [7, 11) is 0. The quantitative estimate of drug-likeness (QED) is 0.624. The molecule has 2 rings (SSSR count). The van der Waals surface area contributed by atoms with Crippen LogP contribution in [-0.2, 0) is 4.79 Å². The van der Waals surface area contributed by atoms with Crippen molar-refractivity contribution in [2.75, 3.05) is 19.6 Å². The number of carbonyl (C=O) groups excluding carboxylic acids is 2. The standard InChI is InChI=1S/C16H30N4O2.ClH/c1-2-3-4-14(19-16(17)22)15(21)20-9-7-13(8-10-20)18-11-12-5-6-12;/h12-14,18H,2-11H2,1H3,(H3,17,19,22);1H. The third-order valence-electron chi connectivity index (χ3n) is 4.66. The zero-order valence-corrected chi connectivity index (χ0v) is 14.9. The summed E-state index contributed by atoms with van der Waals surface area (Å²) < 4.78 is 0. The Hall–Kier alpha value is -1.01. The number of rotatable bonds is 8. The monoisotopic (exact) mass is 346 g/mol. The molecule has 2 fully saturated rings. The van der Waals surface area contributed by atoms with Crippen molar-refractivity contribution in [3.8, 4) is 0 Å². The molecule has 1 aliphatic heterocycles. The van der Waals surface area contributed by atoms with Gasteiger partial charge >= 0.3 is 6.03 Å². The molecule has 1 atom stereocenters. The van der Waals surface area contributed by atoms with E-state index in [4.69, 9.17) is 5.73 Å². The molecule has 6 nitrogen and oxygen atoms in total. The van der Waals surface area contributed by atoms with Gasteiger partial charge in [0.15, 0.2) is 0 Å². The van der Waals surface area contributed by atoms with Crippen molar-refractivity contribution in [1.29, 1.82) is 0 Å². The highest BCUT2D eigenvalue weighted by atomic mass is 35.5. The van der Waals surface area contributed by atoms with Crippen LogP contribution in [0.4, 0.5) is 4.79 Å². The maximum Gasteiger partial charge on any atom is 0.312 e. The van der Waals surface area contributed by atoms with Gasteiger partial charge in [0.05, 0.1) is 0 Å². The molecule has 0 aromatic carbocycles. The van der Waals surface area contributed by atoms with Crippen LogP contribution in [0.3, 0.4) is 0 Å². The van der Waals surface area contributed by atoms with Crippen molar-refractivity contribution < 1.29 is 9.59 Å². The summed E-state index contributed by atoms with van der Waals surface area (Å²) in [6.45, 7) is 4.73. The number of piperidine rings is 1. The molecule has 134 valence electrons. The van der Waals surface area contributed by atoms with Gasteiger partial charge in [-0.15, -0.1) is 12.4 Å². The molecule has 0 aromatic heterocycles. The zero-order chi connectivity index (χ0) is 15.9. The van der Waals surface area contributed by atoms with Gasteiger partial charge in [-0.3, -0.25) is 4.79 Å². The highest BCUT2D eigenvalue weighted by Crippen LogP contribution is 2.28. The number of hydrogen-bond donors (Lipinski definition) is 3. The highest BCUT2D eigenvalue weighted by molar-refractivity contribution is 5.86. The molecule has 1 heterocycles. The number of likely N-dealkylation sites (tertiary alicyclic amines) is 1. The molecule has 1 saturated carbocycles. The summed E-state index contributed by atoms with van der Waals surface area (Å²) in [5, 5.41) is 6.21. The molecule has 1 unspecified atom stereocenters. The Kier molecular flexibility index (Phi) is 8.69. The summed E-state index contributed by atoms with van der Waals surface area (Å²) in [6.07, 6.45) is 7.29. The molecule has 1 aliphatic carbocycles. The van der Waals surface area contributed by atoms with E-state index < -0.39 is 12.1 Å². The Bertz CT molecular complexity index is 382. The molecule has 7 heteroatoms. The van der Waals surface area contributed by atoms with E-state index in [1.165, 1.54) is 12.8 Å². The number of unbranched alkanes of at least 4 members (excludes halogenated alkanes) is 1. The second-order valence-corrected chi connectivity index (χ2v) is 6.65. The lowest BCUT2D eigenvalue weighted by atomic mass is 10.0. The average Bonchev–Trinajstić information content (AvgIpc) is 3.33. The SMILES string of the molecule is CCCCC(NC(N)=O)C(=O)N1CCC(NCC2CC2)CC1.Cl. The van der Waals surface area contributed by atoms with Crippen molar-refractivity contribution in [2.45, 2.75) is 64.0 Å². The van der Waals surface area contributed by atoms with Crippen molar-refractivity contribution in [3.63, 3.8) is 0 Å². The Balaban J connectivity index is 0.00000264. The van der Waals surface area contributed by atoms with Crippen LogP contribution in [0.25, 0.3) is 0 Å². The molecule has 3 amide bonds. The minimum Gasteiger partial charge on any atom is -0.352 e. The van der Waals surface area contributed by atoms with Gasteiger partial charge in [-0.2, -0.15) is 0 Å². The number of nitrogens with one attached hydrogen (secondary N) is 2. The second-order valence-electron chi connectivity index (χ2n) is 6.65. The summed E-state index contributed by atoms with van der Waals surface area (Å²) in [4.78, 5) is 25.5. The van der Waals surface area contributed by atoms with Crippen molar-refractivity contribution in [2.24, 2.45) is 11.7 Å². The molecule has 0 radical (unpaired) electrons. The fourth-order valence-electron chi connectivity index (χ4n) is 3.02. The summed E-state index contributed by atoms with van der Waals surface area (Å²) >= 11 is 0. The van der Waals surface area contributed by atoms with Crippen LogP contribution in [-0.4, -0.2) is 48.6 Å². The van der Waals surface area contributed by atoms with Crippen molar-refractivity contribution in [3.05, 3.63) is 0 Å². The molecule has 2 aliphatic rings. The van der Waals surface area contributed by atoms with E-state index >= 15 is 0 Å². The summed E-state index contributed by atoms with van der Waals surface area (Å²) in [5.74, 6) is 0.908. The predicted molar refractivity (Wildman–Crippen MR) is 93.6 cm³/mol. The van der Waals surface area contributed by atoms with E-state index in [-0.39, 0.29) is 18.3 Å². The van der Waals surface area contributed by atoms with Crippen LogP contribution in [0.5, 0.6) is 0 Å². The summed E-state index contributed by atoms with van der Waals surface area (Å²) in [6, 6.07) is -0.549. The van der Waals surface area contributed by atoms with Gasteiger partial charge in [0.1, 0.15) is 6.04 Å². The lowest BCUT2D eigenvalue weighted by Crippen LogP contribution is -2.53. The zero-order valence-electron chi connectivity index (χ0n) is 14.1. The van der Waals surface area contributed by atoms with Gasteiger partial charge in [0.2, 0.25) is 5.91 Å². The first-order chi connectivity index (χ1) is 10.6. The molecule has 0 spiro atoms. The van der Waals surface area contributed by atoms with E-state index in [1.807, 2.05) is 4.90 Å². The Morgan fingerprint density at radius 3 is 2.39 bits per heavy atom. The van der Waals surface area contributed by atoms with Crippen molar-refractivity contribution >= 4 is 24.3 Å². The van der Waals surface area contributed by atoms with Crippen LogP contribution in [0, 0.1) is 5.92 Å². The number of primary amides is 1. The lowest BCUT2D eigenvalue weighted by molar-refractivity contribution is -0.134. The minimum atomic E-state index is -0.615. The third-order valence-corrected chi connectivity index (χ3v) is 4.66. The Morgan fingerprint density at radius 2 is 1.87 bits per heavy atom. The smallest absolute Gasteiger partial charge is 0.312 e. The van der Waals surface area contributed by atoms with Crippen LogP contribution in [0.2, 0.25) is 0 Å². The average molecular weight is 347 g/mol. The van der Waals surface area contributed by atoms with Crippen molar-refractivity contribution in [1.82, 2.24) is 15.5 Å². The highest BCUT2D eigenvalue weighted by Gasteiger charge is 2.29. The molecular formula is C16H31ClN4O2. The van der Waals surface area contributed by atoms with Crippen LogP contribution >= 0.6 is 12.4 Å². The Morgan fingerprint density at radius 1 is 1.22 bits per heavy atom. The predicted octanol–water partition coefficient (Wildman–Crippen LogP) is 1.63. The van der Waals surface area contributed by atoms with E-state index in [0.717, 1.165) is 51.2 Å². The molecular weight excluding hydrogens is 316 g/mol. The molecule has 23 heavy (non-hydrogen) atoms. The van der Waals surface area contributed by atoms with E-state index in [1.54, 1.807) is 0 Å². The number of carbonyl (C=O) groups is 2. The molecule has 4 N–H and O–H groups in total. The largest absolute Gasteiger partial charge is 0.352 e. The Labute approximate surface area is 145 Å². The fraction of sp³-hybridized carbons (Fsp3) is 0.875. The fourth-order valence-corrected chi connectivity index (χ4v) is 3.02. The number of nitrogens with two attached hydrogens (primary N) is 1. The molecule has 0 aromatic rings. The second kappa shape index (κ2) is 9.98. The molecule has 0 bridgehead atoms. The van der Waals surface area contributed by atoms with E-state index in [0.29, 0.717) is 12.5 Å². The number of urea groups is 1. The maximum atomic E-state index is 12.6. The van der Waals surface area contributed by atoms with Crippen LogP contribution < -0.4 is 16.4 Å². The van der Waals surface area contributed by atoms with Gasteiger partial charge in [0, 0.05) is 19.1 Å². The first-order valence-corrected chi connectivity index (χ1v) is 8.68. The number of hydrogen-bond acceptors (Lipinski definition) is 3. The molecule has 1 saturated heterocycles. The number of nitrogens with zero attached hydrogens (tertiary/aromatic N) is 1. The van der Waals surface area contributed by atoms with Gasteiger partial charge < -0.3 is 21.3 Å². The summed E-state index contributed by atoms with van der Waals surface area (Å²) in [5.41, 5.74) is 5.20. The first-order valence-electron chi connectivity index (χ1n) is 8.68. The van der Waals surface area contributed by atoms with Gasteiger partial charge in [-0.05, 0) is 44.6 Å². The van der Waals surface area contributed by atoms with Gasteiger partial charge in [-0.1, -0.05) is 19.8 Å². The lowest BCUT2D eigenvalue weighted by Gasteiger charge is -2.34. The third kappa shape index (κ3) is 6.96. The van der Waals surface area contributed by atoms with E-state index in [9.17, 15) is 9.59 Å². The number of amides is 3. The number of halogens is 1.